The Hall–Kier alpha value is -1.55. The maximum Gasteiger partial charge on any atom is 0.243 e. The summed E-state index contributed by atoms with van der Waals surface area (Å²) in [6.45, 7) is 0.469. The van der Waals surface area contributed by atoms with Crippen molar-refractivity contribution in [3.05, 3.63) is 24.3 Å². The van der Waals surface area contributed by atoms with Crippen LogP contribution in [0.3, 0.4) is 0 Å². The largest absolute Gasteiger partial charge is 0.358 e. The Morgan fingerprint density at radius 3 is 2.67 bits per heavy atom. The second-order valence-electron chi connectivity index (χ2n) is 5.26. The van der Waals surface area contributed by atoms with E-state index in [-0.39, 0.29) is 5.91 Å². The normalized spacial score (nSPS) is 27.6. The third-order valence-corrected chi connectivity index (χ3v) is 3.98. The van der Waals surface area contributed by atoms with Crippen LogP contribution in [0.4, 0.5) is 11.4 Å². The van der Waals surface area contributed by atoms with E-state index in [9.17, 15) is 4.79 Å². The molecule has 1 amide bonds. The van der Waals surface area contributed by atoms with Crippen LogP contribution in [-0.2, 0) is 4.79 Å². The van der Waals surface area contributed by atoms with Crippen LogP contribution >= 0.6 is 0 Å². The zero-order chi connectivity index (χ0) is 12.5. The monoisotopic (exact) mass is 245 g/mol. The number of rotatable bonds is 1. The fraction of sp³-hybridized carbons (Fsp3) is 0.500. The molecule has 2 aliphatic rings. The Balaban J connectivity index is 1.86. The zero-order valence-electron chi connectivity index (χ0n) is 10.4. The molecule has 3 rings (SSSR count). The fourth-order valence-corrected chi connectivity index (χ4v) is 3.00. The standard InChI is InChI=1S/C14H19N3O/c15-10-5-7-11(8-6-10)17-9-14(18)16-12-3-1-2-4-13(12)17/h1-4,10-11H,5-9,15H2,(H,16,18). The van der Waals surface area contributed by atoms with Gasteiger partial charge in [-0.15, -0.1) is 0 Å². The lowest BCUT2D eigenvalue weighted by Gasteiger charge is -2.40. The highest BCUT2D eigenvalue weighted by Gasteiger charge is 2.30. The van der Waals surface area contributed by atoms with Crippen LogP contribution in [0.1, 0.15) is 25.7 Å². The predicted octanol–water partition coefficient (Wildman–Crippen LogP) is 1.71. The number of para-hydroxylation sites is 2. The first-order valence-corrected chi connectivity index (χ1v) is 6.65. The average molecular weight is 245 g/mol. The summed E-state index contributed by atoms with van der Waals surface area (Å²) in [5.41, 5.74) is 8.04. The van der Waals surface area contributed by atoms with Gasteiger partial charge in [0.15, 0.2) is 0 Å². The zero-order valence-corrected chi connectivity index (χ0v) is 10.4. The SMILES string of the molecule is NC1CCC(N2CC(=O)Nc3ccccc32)CC1. The molecule has 1 aliphatic carbocycles. The molecule has 0 bridgehead atoms. The molecule has 4 heteroatoms. The molecular weight excluding hydrogens is 226 g/mol. The number of amides is 1. The first-order valence-electron chi connectivity index (χ1n) is 6.65. The van der Waals surface area contributed by atoms with E-state index >= 15 is 0 Å². The van der Waals surface area contributed by atoms with Crippen LogP contribution in [0, 0.1) is 0 Å². The highest BCUT2D eigenvalue weighted by molar-refractivity contribution is 6.01. The Labute approximate surface area is 107 Å². The minimum Gasteiger partial charge on any atom is -0.358 e. The number of anilines is 2. The van der Waals surface area contributed by atoms with Gasteiger partial charge < -0.3 is 16.0 Å². The molecule has 0 atom stereocenters. The lowest BCUT2D eigenvalue weighted by molar-refractivity contribution is -0.115. The van der Waals surface area contributed by atoms with Gasteiger partial charge in [-0.05, 0) is 37.8 Å². The summed E-state index contributed by atoms with van der Waals surface area (Å²) >= 11 is 0. The molecule has 1 heterocycles. The van der Waals surface area contributed by atoms with Gasteiger partial charge in [-0.1, -0.05) is 12.1 Å². The lowest BCUT2D eigenvalue weighted by atomic mass is 9.90. The maximum atomic E-state index is 11.8. The van der Waals surface area contributed by atoms with Crippen LogP contribution < -0.4 is 16.0 Å². The first kappa shape index (κ1) is 11.5. The van der Waals surface area contributed by atoms with Gasteiger partial charge in [-0.2, -0.15) is 0 Å². The van der Waals surface area contributed by atoms with Gasteiger partial charge in [-0.3, -0.25) is 4.79 Å². The molecule has 0 saturated heterocycles. The number of benzene rings is 1. The van der Waals surface area contributed by atoms with Gasteiger partial charge in [0.1, 0.15) is 0 Å². The molecule has 0 spiro atoms. The van der Waals surface area contributed by atoms with E-state index in [0.29, 0.717) is 18.6 Å². The summed E-state index contributed by atoms with van der Waals surface area (Å²) in [7, 11) is 0. The third kappa shape index (κ3) is 2.08. The van der Waals surface area contributed by atoms with Gasteiger partial charge in [0, 0.05) is 12.1 Å². The van der Waals surface area contributed by atoms with E-state index in [4.69, 9.17) is 5.73 Å². The summed E-state index contributed by atoms with van der Waals surface area (Å²) in [5, 5.41) is 2.93. The smallest absolute Gasteiger partial charge is 0.243 e. The van der Waals surface area contributed by atoms with Gasteiger partial charge in [0.25, 0.3) is 0 Å². The Morgan fingerprint density at radius 1 is 1.17 bits per heavy atom. The van der Waals surface area contributed by atoms with Crippen molar-refractivity contribution in [2.75, 3.05) is 16.8 Å². The number of nitrogens with zero attached hydrogens (tertiary/aromatic N) is 1. The molecule has 1 aromatic rings. The highest BCUT2D eigenvalue weighted by atomic mass is 16.2. The van der Waals surface area contributed by atoms with E-state index in [1.54, 1.807) is 0 Å². The highest BCUT2D eigenvalue weighted by Crippen LogP contribution is 2.34. The number of nitrogens with two attached hydrogens (primary N) is 1. The third-order valence-electron chi connectivity index (χ3n) is 3.98. The number of hydrogen-bond acceptors (Lipinski definition) is 3. The van der Waals surface area contributed by atoms with Crippen molar-refractivity contribution in [1.29, 1.82) is 0 Å². The summed E-state index contributed by atoms with van der Waals surface area (Å²) in [6, 6.07) is 8.83. The molecule has 0 aromatic heterocycles. The molecule has 3 N–H and O–H groups in total. The second kappa shape index (κ2) is 4.61. The van der Waals surface area contributed by atoms with Crippen molar-refractivity contribution in [2.24, 2.45) is 5.73 Å². The van der Waals surface area contributed by atoms with Crippen molar-refractivity contribution in [3.63, 3.8) is 0 Å². The second-order valence-corrected chi connectivity index (χ2v) is 5.26. The molecule has 0 unspecified atom stereocenters. The quantitative estimate of drug-likeness (QED) is 0.792. The van der Waals surface area contributed by atoms with Crippen LogP contribution in [0.15, 0.2) is 24.3 Å². The number of carbonyl (C=O) groups is 1. The average Bonchev–Trinajstić information content (AvgIpc) is 2.38. The molecule has 1 aliphatic heterocycles. The Bertz CT molecular complexity index is 452. The minimum atomic E-state index is 0.0866. The van der Waals surface area contributed by atoms with Gasteiger partial charge in [-0.25, -0.2) is 0 Å². The fourth-order valence-electron chi connectivity index (χ4n) is 3.00. The van der Waals surface area contributed by atoms with Crippen LogP contribution in [0.25, 0.3) is 0 Å². The molecule has 4 nitrogen and oxygen atoms in total. The lowest BCUT2D eigenvalue weighted by Crippen LogP contribution is -2.47. The van der Waals surface area contributed by atoms with Gasteiger partial charge in [0.05, 0.1) is 17.9 Å². The first-order chi connectivity index (χ1) is 8.74. The van der Waals surface area contributed by atoms with E-state index in [2.05, 4.69) is 16.3 Å². The molecule has 1 aromatic carbocycles. The van der Waals surface area contributed by atoms with Gasteiger partial charge >= 0.3 is 0 Å². The van der Waals surface area contributed by atoms with Crippen molar-refractivity contribution in [2.45, 2.75) is 37.8 Å². The van der Waals surface area contributed by atoms with Crippen LogP contribution in [-0.4, -0.2) is 24.5 Å². The van der Waals surface area contributed by atoms with Crippen molar-refractivity contribution in [1.82, 2.24) is 0 Å². The molecular formula is C14H19N3O. The maximum absolute atomic E-state index is 11.8. The van der Waals surface area contributed by atoms with E-state index in [1.165, 1.54) is 0 Å². The summed E-state index contributed by atoms with van der Waals surface area (Å²) < 4.78 is 0. The summed E-state index contributed by atoms with van der Waals surface area (Å²) in [5.74, 6) is 0.0866. The topological polar surface area (TPSA) is 58.4 Å². The van der Waals surface area contributed by atoms with Crippen molar-refractivity contribution in [3.8, 4) is 0 Å². The number of fused-ring (bicyclic) bond motifs is 1. The number of nitrogens with one attached hydrogen (secondary N) is 1. The predicted molar refractivity (Wildman–Crippen MR) is 72.6 cm³/mol. The van der Waals surface area contributed by atoms with E-state index < -0.39 is 0 Å². The number of carbonyl (C=O) groups excluding carboxylic acids is 1. The summed E-state index contributed by atoms with van der Waals surface area (Å²) in [4.78, 5) is 14.0. The molecule has 1 fully saturated rings. The van der Waals surface area contributed by atoms with E-state index in [1.807, 2.05) is 18.2 Å². The minimum absolute atomic E-state index is 0.0866. The van der Waals surface area contributed by atoms with E-state index in [0.717, 1.165) is 37.1 Å². The van der Waals surface area contributed by atoms with Crippen molar-refractivity contribution >= 4 is 17.3 Å². The number of hydrogen-bond donors (Lipinski definition) is 2. The molecule has 0 radical (unpaired) electrons. The molecule has 96 valence electrons. The Morgan fingerprint density at radius 2 is 1.89 bits per heavy atom. The van der Waals surface area contributed by atoms with Crippen LogP contribution in [0.2, 0.25) is 0 Å². The Kier molecular flexibility index (Phi) is 2.96. The van der Waals surface area contributed by atoms with Gasteiger partial charge in [0.2, 0.25) is 5.91 Å². The molecule has 18 heavy (non-hydrogen) atoms. The summed E-state index contributed by atoms with van der Waals surface area (Å²) in [6.07, 6.45) is 4.29. The van der Waals surface area contributed by atoms with Crippen molar-refractivity contribution < 1.29 is 4.79 Å². The molecule has 1 saturated carbocycles. The van der Waals surface area contributed by atoms with Crippen LogP contribution in [0.5, 0.6) is 0 Å².